The van der Waals surface area contributed by atoms with Gasteiger partial charge in [-0.3, -0.25) is 14.3 Å². The maximum atomic E-state index is 12.4. The van der Waals surface area contributed by atoms with Crippen LogP contribution in [0.4, 0.5) is 0 Å². The quantitative estimate of drug-likeness (QED) is 0.700. The highest BCUT2D eigenvalue weighted by Crippen LogP contribution is 2.36. The Bertz CT molecular complexity index is 1010. The number of aromatic nitrogens is 2. The lowest BCUT2D eigenvalue weighted by atomic mass is 9.95. The van der Waals surface area contributed by atoms with Crippen LogP contribution in [0, 0.1) is 12.8 Å². The molecule has 7 nitrogen and oxygen atoms in total. The summed E-state index contributed by atoms with van der Waals surface area (Å²) in [5.74, 6) is 0.751. The van der Waals surface area contributed by atoms with Crippen LogP contribution < -0.4 is 5.32 Å². The lowest BCUT2D eigenvalue weighted by Gasteiger charge is -2.24. The summed E-state index contributed by atoms with van der Waals surface area (Å²) in [6.07, 6.45) is 4.19. The van der Waals surface area contributed by atoms with E-state index >= 15 is 0 Å². The second-order valence-corrected chi connectivity index (χ2v) is 7.49. The molecule has 0 bridgehead atoms. The standard InChI is InChI=1S/C22H24N4O3/c1-15-8-9-19(29-15)22(28)23-11-17-10-20(27)25(2)21(17)18-12-24-26(14-18)13-16-6-4-3-5-7-16/h3-9,12,14,17,21H,10-11,13H2,1-2H3,(H,23,28)/t17-,21+/m0/s1. The van der Waals surface area contributed by atoms with Crippen LogP contribution >= 0.6 is 0 Å². The number of hydrogen-bond acceptors (Lipinski definition) is 4. The molecule has 29 heavy (non-hydrogen) atoms. The summed E-state index contributed by atoms with van der Waals surface area (Å²) >= 11 is 0. The smallest absolute Gasteiger partial charge is 0.287 e. The van der Waals surface area contributed by atoms with Crippen LogP contribution in [-0.2, 0) is 11.3 Å². The highest BCUT2D eigenvalue weighted by atomic mass is 16.3. The highest BCUT2D eigenvalue weighted by Gasteiger charge is 2.39. The Morgan fingerprint density at radius 2 is 2.03 bits per heavy atom. The van der Waals surface area contributed by atoms with Crippen LogP contribution in [0.25, 0.3) is 0 Å². The van der Waals surface area contributed by atoms with Gasteiger partial charge in [0.2, 0.25) is 5.91 Å². The van der Waals surface area contributed by atoms with Gasteiger partial charge < -0.3 is 14.6 Å². The Labute approximate surface area is 169 Å². The minimum absolute atomic E-state index is 0.0260. The van der Waals surface area contributed by atoms with E-state index in [2.05, 4.69) is 22.5 Å². The fourth-order valence-electron chi connectivity index (χ4n) is 3.89. The number of amides is 2. The molecule has 3 aromatic rings. The summed E-state index contributed by atoms with van der Waals surface area (Å²) in [5.41, 5.74) is 2.14. The van der Waals surface area contributed by atoms with Crippen LogP contribution in [0.5, 0.6) is 0 Å². The van der Waals surface area contributed by atoms with Crippen molar-refractivity contribution in [3.8, 4) is 0 Å². The average molecular weight is 392 g/mol. The predicted octanol–water partition coefficient (Wildman–Crippen LogP) is 2.78. The van der Waals surface area contributed by atoms with Crippen molar-refractivity contribution in [3.05, 3.63) is 77.5 Å². The third kappa shape index (κ3) is 4.08. The fraction of sp³-hybridized carbons (Fsp3) is 0.318. The van der Waals surface area contributed by atoms with Gasteiger partial charge in [0.15, 0.2) is 5.76 Å². The Morgan fingerprint density at radius 3 is 2.76 bits per heavy atom. The number of hydrogen-bond donors (Lipinski definition) is 1. The monoisotopic (exact) mass is 392 g/mol. The zero-order chi connectivity index (χ0) is 20.4. The first-order chi connectivity index (χ1) is 14.0. The molecule has 1 aromatic carbocycles. The van der Waals surface area contributed by atoms with Gasteiger partial charge in [0.05, 0.1) is 18.8 Å². The molecule has 0 aliphatic carbocycles. The van der Waals surface area contributed by atoms with Gasteiger partial charge in [-0.25, -0.2) is 0 Å². The molecule has 0 saturated carbocycles. The largest absolute Gasteiger partial charge is 0.456 e. The summed E-state index contributed by atoms with van der Waals surface area (Å²) in [6.45, 7) is 2.86. The van der Waals surface area contributed by atoms with Crippen LogP contribution in [0.3, 0.4) is 0 Å². The molecule has 2 atom stereocenters. The van der Waals surface area contributed by atoms with Crippen LogP contribution in [0.1, 0.15) is 39.9 Å². The summed E-state index contributed by atoms with van der Waals surface area (Å²) in [6, 6.07) is 13.4. The van der Waals surface area contributed by atoms with E-state index in [4.69, 9.17) is 4.42 Å². The first-order valence-corrected chi connectivity index (χ1v) is 9.68. The topological polar surface area (TPSA) is 80.4 Å². The number of furan rings is 1. The number of carbonyl (C=O) groups is 2. The molecule has 2 amide bonds. The Morgan fingerprint density at radius 1 is 1.24 bits per heavy atom. The molecule has 1 aliphatic rings. The van der Waals surface area contributed by atoms with Crippen molar-refractivity contribution in [1.29, 1.82) is 0 Å². The van der Waals surface area contributed by atoms with E-state index in [-0.39, 0.29) is 29.5 Å². The molecule has 7 heteroatoms. The van der Waals surface area contributed by atoms with E-state index in [0.29, 0.717) is 25.3 Å². The van der Waals surface area contributed by atoms with Crippen molar-refractivity contribution in [2.45, 2.75) is 25.9 Å². The minimum Gasteiger partial charge on any atom is -0.456 e. The third-order valence-corrected chi connectivity index (χ3v) is 5.37. The number of nitrogens with one attached hydrogen (secondary N) is 1. The molecule has 3 heterocycles. The van der Waals surface area contributed by atoms with Gasteiger partial charge in [-0.05, 0) is 24.6 Å². The molecule has 0 spiro atoms. The van der Waals surface area contributed by atoms with Gasteiger partial charge in [-0.1, -0.05) is 30.3 Å². The Balaban J connectivity index is 1.46. The second kappa shape index (κ2) is 7.95. The highest BCUT2D eigenvalue weighted by molar-refractivity contribution is 5.91. The molecule has 4 rings (SSSR count). The summed E-state index contributed by atoms with van der Waals surface area (Å²) in [5, 5.41) is 7.37. The van der Waals surface area contributed by atoms with Gasteiger partial charge >= 0.3 is 0 Å². The van der Waals surface area contributed by atoms with Crippen molar-refractivity contribution in [2.24, 2.45) is 5.92 Å². The van der Waals surface area contributed by atoms with Crippen molar-refractivity contribution < 1.29 is 14.0 Å². The number of rotatable bonds is 6. The molecule has 0 radical (unpaired) electrons. The summed E-state index contributed by atoms with van der Waals surface area (Å²) in [4.78, 5) is 26.4. The lowest BCUT2D eigenvalue weighted by molar-refractivity contribution is -0.127. The number of nitrogens with zero attached hydrogens (tertiary/aromatic N) is 3. The van der Waals surface area contributed by atoms with Gasteiger partial charge in [0, 0.05) is 37.7 Å². The molecular weight excluding hydrogens is 368 g/mol. The minimum atomic E-state index is -0.265. The van der Waals surface area contributed by atoms with E-state index in [9.17, 15) is 9.59 Å². The predicted molar refractivity (Wildman–Crippen MR) is 107 cm³/mol. The van der Waals surface area contributed by atoms with Crippen molar-refractivity contribution in [1.82, 2.24) is 20.0 Å². The fourth-order valence-corrected chi connectivity index (χ4v) is 3.89. The first-order valence-electron chi connectivity index (χ1n) is 9.68. The number of likely N-dealkylation sites (tertiary alicyclic amines) is 1. The third-order valence-electron chi connectivity index (χ3n) is 5.37. The van der Waals surface area contributed by atoms with Crippen molar-refractivity contribution in [2.75, 3.05) is 13.6 Å². The molecule has 1 aliphatic heterocycles. The molecular formula is C22H24N4O3. The molecule has 150 valence electrons. The molecule has 1 saturated heterocycles. The Kier molecular flexibility index (Phi) is 5.20. The van der Waals surface area contributed by atoms with Crippen LogP contribution in [-0.4, -0.2) is 40.1 Å². The van der Waals surface area contributed by atoms with Gasteiger partial charge in [-0.2, -0.15) is 5.10 Å². The molecule has 0 unspecified atom stereocenters. The average Bonchev–Trinajstić information content (AvgIpc) is 3.41. The van der Waals surface area contributed by atoms with Gasteiger partial charge in [0.25, 0.3) is 5.91 Å². The zero-order valence-electron chi connectivity index (χ0n) is 16.5. The van der Waals surface area contributed by atoms with Gasteiger partial charge in [0.1, 0.15) is 5.76 Å². The van der Waals surface area contributed by atoms with Gasteiger partial charge in [-0.15, -0.1) is 0 Å². The number of benzene rings is 1. The maximum Gasteiger partial charge on any atom is 0.287 e. The Hall–Kier alpha value is -3.35. The van der Waals surface area contributed by atoms with Crippen LogP contribution in [0.2, 0.25) is 0 Å². The lowest BCUT2D eigenvalue weighted by Crippen LogP contribution is -2.32. The van der Waals surface area contributed by atoms with Crippen molar-refractivity contribution >= 4 is 11.8 Å². The number of carbonyl (C=O) groups excluding carboxylic acids is 2. The first kappa shape index (κ1) is 19.0. The second-order valence-electron chi connectivity index (χ2n) is 7.49. The SMILES string of the molecule is Cc1ccc(C(=O)NC[C@@H]2CC(=O)N(C)[C@H]2c2cnn(Cc3ccccc3)c2)o1. The normalized spacial score (nSPS) is 19.0. The summed E-state index contributed by atoms with van der Waals surface area (Å²) in [7, 11) is 1.80. The van der Waals surface area contributed by atoms with Crippen molar-refractivity contribution in [3.63, 3.8) is 0 Å². The van der Waals surface area contributed by atoms with E-state index in [1.54, 1.807) is 31.0 Å². The molecule has 1 fully saturated rings. The maximum absolute atomic E-state index is 12.4. The zero-order valence-corrected chi connectivity index (χ0v) is 16.5. The summed E-state index contributed by atoms with van der Waals surface area (Å²) < 4.78 is 7.25. The number of aryl methyl sites for hydroxylation is 1. The van der Waals surface area contributed by atoms with E-state index in [1.165, 1.54) is 0 Å². The van der Waals surface area contributed by atoms with Crippen LogP contribution in [0.15, 0.2) is 59.3 Å². The molecule has 2 aromatic heterocycles. The molecule has 1 N–H and O–H groups in total. The van der Waals surface area contributed by atoms with E-state index in [1.807, 2.05) is 35.3 Å². The van der Waals surface area contributed by atoms with E-state index in [0.717, 1.165) is 11.1 Å². The van der Waals surface area contributed by atoms with E-state index < -0.39 is 0 Å².